The zero-order valence-corrected chi connectivity index (χ0v) is 9.76. The van der Waals surface area contributed by atoms with Crippen molar-refractivity contribution in [3.63, 3.8) is 0 Å². The first-order chi connectivity index (χ1) is 9.82. The molecule has 0 aliphatic heterocycles. The molecule has 0 amide bonds. The van der Waals surface area contributed by atoms with Gasteiger partial charge in [-0.3, -0.25) is 0 Å². The van der Waals surface area contributed by atoms with E-state index in [2.05, 4.69) is 9.72 Å². The fourth-order valence-electron chi connectivity index (χ4n) is 1.36. The monoisotopic (exact) mass is 307 g/mol. The van der Waals surface area contributed by atoms with Crippen molar-refractivity contribution in [1.29, 1.82) is 0 Å². The minimum Gasteiger partial charge on any atom is -0.416 e. The average Bonchev–Trinajstić information content (AvgIpc) is 2.47. The van der Waals surface area contributed by atoms with Crippen LogP contribution >= 0.6 is 0 Å². The van der Waals surface area contributed by atoms with Gasteiger partial charge in [-0.15, -0.1) is 0 Å². The smallest absolute Gasteiger partial charge is 0.343 e. The van der Waals surface area contributed by atoms with Crippen LogP contribution in [0.25, 0.3) is 0 Å². The first kappa shape index (κ1) is 14.8. The number of benzene rings is 1. The van der Waals surface area contributed by atoms with Crippen LogP contribution in [-0.2, 0) is 0 Å². The molecule has 0 saturated carbocycles. The lowest BCUT2D eigenvalue weighted by atomic mass is 10.2. The fraction of sp³-hybridized carbons (Fsp3) is 0. The number of aromatic nitrogens is 1. The van der Waals surface area contributed by atoms with Crippen LogP contribution in [0, 0.1) is 35.0 Å². The van der Waals surface area contributed by atoms with Crippen molar-refractivity contribution in [2.24, 2.45) is 0 Å². The summed E-state index contributed by atoms with van der Waals surface area (Å²) in [5, 5.41) is 0. The van der Waals surface area contributed by atoms with Crippen LogP contribution < -0.4 is 4.74 Å². The summed E-state index contributed by atoms with van der Waals surface area (Å²) in [6.07, 6.45) is 0.852. The second-order valence-corrected chi connectivity index (χ2v) is 3.66. The van der Waals surface area contributed by atoms with E-state index in [0.717, 1.165) is 12.3 Å². The summed E-state index contributed by atoms with van der Waals surface area (Å²) >= 11 is 0. The molecule has 0 radical (unpaired) electrons. The summed E-state index contributed by atoms with van der Waals surface area (Å²) in [7, 11) is 0. The molecule has 2 rings (SSSR count). The second kappa shape index (κ2) is 5.43. The Morgan fingerprint density at radius 2 is 1.43 bits per heavy atom. The van der Waals surface area contributed by atoms with Gasteiger partial charge in [-0.1, -0.05) is 0 Å². The minimum atomic E-state index is -2.39. The highest BCUT2D eigenvalue weighted by Gasteiger charge is 2.28. The fourth-order valence-corrected chi connectivity index (χ4v) is 1.36. The Balaban J connectivity index is 2.43. The average molecular weight is 307 g/mol. The predicted molar refractivity (Wildman–Crippen MR) is 55.4 cm³/mol. The first-order valence-electron chi connectivity index (χ1n) is 5.18. The number of ether oxygens (including phenoxy) is 1. The molecule has 0 aliphatic rings. The lowest BCUT2D eigenvalue weighted by molar-refractivity contribution is 0.0715. The molecule has 0 bridgehead atoms. The van der Waals surface area contributed by atoms with Gasteiger partial charge < -0.3 is 4.74 Å². The molecule has 0 unspecified atom stereocenters. The predicted octanol–water partition coefficient (Wildman–Crippen LogP) is 3.14. The van der Waals surface area contributed by atoms with E-state index < -0.39 is 52.3 Å². The number of carbonyl (C=O) groups is 1. The Bertz CT molecular complexity index is 705. The molecule has 0 saturated heterocycles. The minimum absolute atomic E-state index is 0.522. The Morgan fingerprint density at radius 3 is 1.95 bits per heavy atom. The van der Waals surface area contributed by atoms with Gasteiger partial charge >= 0.3 is 5.97 Å². The van der Waals surface area contributed by atoms with Crippen molar-refractivity contribution in [2.75, 3.05) is 0 Å². The first-order valence-corrected chi connectivity index (χ1v) is 5.18. The van der Waals surface area contributed by atoms with Crippen molar-refractivity contribution in [3.05, 3.63) is 58.9 Å². The van der Waals surface area contributed by atoms with Crippen LogP contribution in [0.5, 0.6) is 5.75 Å². The summed E-state index contributed by atoms with van der Waals surface area (Å²) in [5.41, 5.74) is -0.522. The third kappa shape index (κ3) is 2.67. The van der Waals surface area contributed by atoms with Crippen LogP contribution in [0.4, 0.5) is 26.3 Å². The Kier molecular flexibility index (Phi) is 3.83. The van der Waals surface area contributed by atoms with Crippen LogP contribution in [0.15, 0.2) is 18.3 Å². The Labute approximate surface area is 112 Å². The number of halogens is 6. The van der Waals surface area contributed by atoms with Crippen LogP contribution in [0.3, 0.4) is 0 Å². The summed E-state index contributed by atoms with van der Waals surface area (Å²) in [4.78, 5) is 14.6. The molecule has 0 aliphatic carbocycles. The molecule has 0 N–H and O–H groups in total. The van der Waals surface area contributed by atoms with Crippen molar-refractivity contribution in [2.45, 2.75) is 0 Å². The van der Waals surface area contributed by atoms with Crippen LogP contribution in [-0.4, -0.2) is 11.0 Å². The SMILES string of the molecule is O=C(Oc1c(F)c(F)c(F)c(F)c1F)c1ccnc(F)c1. The van der Waals surface area contributed by atoms with Crippen molar-refractivity contribution in [3.8, 4) is 5.75 Å². The highest BCUT2D eigenvalue weighted by molar-refractivity contribution is 5.90. The number of rotatable bonds is 2. The third-order valence-corrected chi connectivity index (χ3v) is 2.33. The quantitative estimate of drug-likeness (QED) is 0.214. The van der Waals surface area contributed by atoms with Gasteiger partial charge in [0.1, 0.15) is 0 Å². The second-order valence-electron chi connectivity index (χ2n) is 3.66. The lowest BCUT2D eigenvalue weighted by Gasteiger charge is -2.08. The zero-order chi connectivity index (χ0) is 15.7. The maximum atomic E-state index is 13.3. The normalized spacial score (nSPS) is 10.6. The third-order valence-electron chi connectivity index (χ3n) is 2.33. The Morgan fingerprint density at radius 1 is 0.905 bits per heavy atom. The van der Waals surface area contributed by atoms with Gasteiger partial charge in [0.2, 0.25) is 40.8 Å². The number of hydrogen-bond donors (Lipinski definition) is 0. The van der Waals surface area contributed by atoms with Crippen molar-refractivity contribution >= 4 is 5.97 Å². The van der Waals surface area contributed by atoms with E-state index in [1.54, 1.807) is 0 Å². The van der Waals surface area contributed by atoms with E-state index in [0.29, 0.717) is 6.07 Å². The largest absolute Gasteiger partial charge is 0.416 e. The van der Waals surface area contributed by atoms with Gasteiger partial charge in [-0.2, -0.15) is 13.2 Å². The van der Waals surface area contributed by atoms with Gasteiger partial charge in [0, 0.05) is 12.3 Å². The van der Waals surface area contributed by atoms with Gasteiger partial charge in [0.25, 0.3) is 0 Å². The highest BCUT2D eigenvalue weighted by atomic mass is 19.2. The number of hydrogen-bond acceptors (Lipinski definition) is 3. The summed E-state index contributed by atoms with van der Waals surface area (Å²) in [6, 6.07) is 1.49. The number of nitrogens with zero attached hydrogens (tertiary/aromatic N) is 1. The maximum Gasteiger partial charge on any atom is 0.343 e. The molecule has 2 aromatic rings. The summed E-state index contributed by atoms with van der Waals surface area (Å²) in [5.74, 6) is -15.9. The Hall–Kier alpha value is -2.58. The lowest BCUT2D eigenvalue weighted by Crippen LogP contribution is -2.14. The van der Waals surface area contributed by atoms with Gasteiger partial charge in [-0.05, 0) is 6.07 Å². The van der Waals surface area contributed by atoms with Crippen LogP contribution in [0.1, 0.15) is 10.4 Å². The van der Waals surface area contributed by atoms with Crippen LogP contribution in [0.2, 0.25) is 0 Å². The standard InChI is InChI=1S/C12H3F6NO2/c13-5-3-4(1-2-19-5)12(20)21-11-9(17)7(15)6(14)8(16)10(11)18/h1-3H. The maximum absolute atomic E-state index is 13.3. The molecule has 21 heavy (non-hydrogen) atoms. The van der Waals surface area contributed by atoms with Gasteiger partial charge in [-0.25, -0.2) is 22.9 Å². The van der Waals surface area contributed by atoms with Crippen molar-refractivity contribution in [1.82, 2.24) is 4.98 Å². The molecular weight excluding hydrogens is 304 g/mol. The van der Waals surface area contributed by atoms with E-state index in [1.807, 2.05) is 0 Å². The molecule has 3 nitrogen and oxygen atoms in total. The van der Waals surface area contributed by atoms with Gasteiger partial charge in [0.05, 0.1) is 5.56 Å². The summed E-state index contributed by atoms with van der Waals surface area (Å²) < 4.78 is 82.0. The number of carbonyl (C=O) groups excluding carboxylic acids is 1. The molecule has 1 heterocycles. The number of esters is 1. The number of pyridine rings is 1. The molecule has 0 fully saturated rings. The molecule has 0 spiro atoms. The molecule has 1 aromatic heterocycles. The zero-order valence-electron chi connectivity index (χ0n) is 9.76. The molecule has 1 aromatic carbocycles. The van der Waals surface area contributed by atoms with E-state index in [1.165, 1.54) is 0 Å². The van der Waals surface area contributed by atoms with E-state index >= 15 is 0 Å². The molecule has 0 atom stereocenters. The van der Waals surface area contributed by atoms with E-state index in [-0.39, 0.29) is 0 Å². The highest BCUT2D eigenvalue weighted by Crippen LogP contribution is 2.29. The molecular formula is C12H3F6NO2. The van der Waals surface area contributed by atoms with E-state index in [9.17, 15) is 31.1 Å². The molecule has 110 valence electrons. The van der Waals surface area contributed by atoms with Gasteiger partial charge in [0.15, 0.2) is 0 Å². The molecule has 9 heteroatoms. The van der Waals surface area contributed by atoms with E-state index in [4.69, 9.17) is 0 Å². The van der Waals surface area contributed by atoms with Crippen molar-refractivity contribution < 1.29 is 35.9 Å². The summed E-state index contributed by atoms with van der Waals surface area (Å²) in [6.45, 7) is 0. The topological polar surface area (TPSA) is 39.2 Å².